The second-order valence-corrected chi connectivity index (χ2v) is 7.49. The molecule has 0 spiro atoms. The maximum absolute atomic E-state index is 10.1. The summed E-state index contributed by atoms with van der Waals surface area (Å²) in [6.07, 6.45) is 5.40. The Balaban J connectivity index is 1.70. The third-order valence-electron chi connectivity index (χ3n) is 4.79. The number of aromatic nitrogens is 1. The molecule has 24 heavy (non-hydrogen) atoms. The van der Waals surface area contributed by atoms with Crippen molar-refractivity contribution in [1.29, 1.82) is 0 Å². The minimum atomic E-state index is -0.935. The standard InChI is InChI=1S/C18H30BN2O3/c1-17(2,22)18(3,4)24-19-15-8-9-16(20-14-15)23-13-7-12-21-10-5-6-11-21/h8-9,14,22H,5-7,10-13H2,1-4H3. The Morgan fingerprint density at radius 2 is 1.92 bits per heavy atom. The molecule has 0 bridgehead atoms. The monoisotopic (exact) mass is 333 g/mol. The number of aliphatic hydroxyl groups is 1. The molecule has 0 unspecified atom stereocenters. The second kappa shape index (κ2) is 8.32. The van der Waals surface area contributed by atoms with E-state index in [0.717, 1.165) is 18.4 Å². The van der Waals surface area contributed by atoms with E-state index >= 15 is 0 Å². The summed E-state index contributed by atoms with van der Waals surface area (Å²) in [5.74, 6) is 0.635. The highest BCUT2D eigenvalue weighted by atomic mass is 16.5. The molecule has 0 atom stereocenters. The summed E-state index contributed by atoms with van der Waals surface area (Å²) in [7, 11) is 1.63. The van der Waals surface area contributed by atoms with Crippen molar-refractivity contribution in [1.82, 2.24) is 9.88 Å². The SMILES string of the molecule is CC(C)(O)C(C)(C)O[B]c1ccc(OCCCN2CCCC2)nc1. The van der Waals surface area contributed by atoms with E-state index in [4.69, 9.17) is 9.39 Å². The van der Waals surface area contributed by atoms with Gasteiger partial charge in [-0.05, 0) is 71.6 Å². The van der Waals surface area contributed by atoms with Gasteiger partial charge in [0.15, 0.2) is 0 Å². The van der Waals surface area contributed by atoms with Gasteiger partial charge in [-0.3, -0.25) is 0 Å². The summed E-state index contributed by atoms with van der Waals surface area (Å²) in [6.45, 7) is 11.4. The van der Waals surface area contributed by atoms with Gasteiger partial charge in [-0.25, -0.2) is 4.98 Å². The van der Waals surface area contributed by atoms with Gasteiger partial charge in [0, 0.05) is 12.7 Å². The van der Waals surface area contributed by atoms with Crippen LogP contribution in [0.15, 0.2) is 18.3 Å². The molecule has 5 nitrogen and oxygen atoms in total. The van der Waals surface area contributed by atoms with Crippen LogP contribution in [0.25, 0.3) is 0 Å². The Labute approximate surface area is 146 Å². The lowest BCUT2D eigenvalue weighted by molar-refractivity contribution is -0.0893. The Morgan fingerprint density at radius 1 is 1.21 bits per heavy atom. The summed E-state index contributed by atoms with van der Waals surface area (Å²) >= 11 is 0. The molecule has 0 aromatic carbocycles. The Bertz CT molecular complexity index is 494. The second-order valence-electron chi connectivity index (χ2n) is 7.49. The Kier molecular flexibility index (Phi) is 6.66. The van der Waals surface area contributed by atoms with Crippen molar-refractivity contribution in [2.75, 3.05) is 26.2 Å². The van der Waals surface area contributed by atoms with E-state index in [1.54, 1.807) is 27.5 Å². The lowest BCUT2D eigenvalue weighted by atomic mass is 9.83. The number of nitrogens with zero attached hydrogens (tertiary/aromatic N) is 2. The van der Waals surface area contributed by atoms with Gasteiger partial charge in [0.05, 0.1) is 17.8 Å². The fourth-order valence-corrected chi connectivity index (χ4v) is 2.38. The quantitative estimate of drug-likeness (QED) is 0.551. The number of ether oxygens (including phenoxy) is 1. The van der Waals surface area contributed by atoms with E-state index in [1.165, 1.54) is 25.9 Å². The smallest absolute Gasteiger partial charge is 0.332 e. The van der Waals surface area contributed by atoms with Crippen molar-refractivity contribution in [2.24, 2.45) is 0 Å². The third-order valence-corrected chi connectivity index (χ3v) is 4.79. The fraction of sp³-hybridized carbons (Fsp3) is 0.722. The molecular weight excluding hydrogens is 303 g/mol. The summed E-state index contributed by atoms with van der Waals surface area (Å²) in [5.41, 5.74) is -0.774. The largest absolute Gasteiger partial charge is 0.478 e. The first-order chi connectivity index (χ1) is 11.3. The van der Waals surface area contributed by atoms with E-state index in [0.29, 0.717) is 12.5 Å². The normalized spacial score (nSPS) is 16.4. The molecule has 1 aliphatic rings. The zero-order valence-electron chi connectivity index (χ0n) is 15.4. The van der Waals surface area contributed by atoms with Crippen LogP contribution in [0.3, 0.4) is 0 Å². The maximum Gasteiger partial charge on any atom is 0.332 e. The van der Waals surface area contributed by atoms with Crippen LogP contribution >= 0.6 is 0 Å². The number of likely N-dealkylation sites (tertiary alicyclic amines) is 1. The van der Waals surface area contributed by atoms with Gasteiger partial charge in [-0.2, -0.15) is 0 Å². The molecular formula is C18H30BN2O3. The van der Waals surface area contributed by atoms with Gasteiger partial charge in [0.25, 0.3) is 0 Å². The Hall–Kier alpha value is -1.11. The van der Waals surface area contributed by atoms with Crippen molar-refractivity contribution in [3.8, 4) is 5.88 Å². The minimum Gasteiger partial charge on any atom is -0.478 e. The van der Waals surface area contributed by atoms with Crippen LogP contribution in [-0.2, 0) is 4.65 Å². The van der Waals surface area contributed by atoms with Crippen LogP contribution in [0.4, 0.5) is 0 Å². The number of hydrogen-bond acceptors (Lipinski definition) is 5. The maximum atomic E-state index is 10.1. The van der Waals surface area contributed by atoms with Gasteiger partial charge >= 0.3 is 7.48 Å². The lowest BCUT2D eigenvalue weighted by Gasteiger charge is -2.37. The molecule has 1 aromatic rings. The molecule has 1 saturated heterocycles. The molecule has 1 aromatic heterocycles. The lowest BCUT2D eigenvalue weighted by Crippen LogP contribution is -2.49. The highest BCUT2D eigenvalue weighted by Gasteiger charge is 2.35. The first kappa shape index (κ1) is 19.2. The highest BCUT2D eigenvalue weighted by Crippen LogP contribution is 2.24. The average molecular weight is 333 g/mol. The molecule has 1 aliphatic heterocycles. The van der Waals surface area contributed by atoms with Crippen molar-refractivity contribution in [3.05, 3.63) is 18.3 Å². The molecule has 1 N–H and O–H groups in total. The summed E-state index contributed by atoms with van der Waals surface area (Å²) in [5, 5.41) is 10.1. The highest BCUT2D eigenvalue weighted by molar-refractivity contribution is 6.46. The third kappa shape index (κ3) is 5.76. The average Bonchev–Trinajstić information content (AvgIpc) is 3.03. The summed E-state index contributed by atoms with van der Waals surface area (Å²) in [4.78, 5) is 6.78. The van der Waals surface area contributed by atoms with Crippen LogP contribution in [0.2, 0.25) is 0 Å². The van der Waals surface area contributed by atoms with Crippen molar-refractivity contribution >= 4 is 12.9 Å². The molecule has 2 heterocycles. The first-order valence-electron chi connectivity index (χ1n) is 8.82. The molecule has 2 rings (SSSR count). The minimum absolute atomic E-state index is 0.635. The van der Waals surface area contributed by atoms with E-state index in [-0.39, 0.29) is 0 Å². The molecule has 0 aliphatic carbocycles. The van der Waals surface area contributed by atoms with Gasteiger partial charge in [0.1, 0.15) is 0 Å². The molecule has 1 fully saturated rings. The fourth-order valence-electron chi connectivity index (χ4n) is 2.38. The first-order valence-corrected chi connectivity index (χ1v) is 8.82. The number of rotatable bonds is 9. The van der Waals surface area contributed by atoms with E-state index in [1.807, 2.05) is 26.0 Å². The zero-order valence-corrected chi connectivity index (χ0v) is 15.4. The van der Waals surface area contributed by atoms with Crippen LogP contribution < -0.4 is 10.2 Å². The molecule has 6 heteroatoms. The van der Waals surface area contributed by atoms with Crippen molar-refractivity contribution in [3.63, 3.8) is 0 Å². The van der Waals surface area contributed by atoms with Gasteiger partial charge in [-0.15, -0.1) is 0 Å². The van der Waals surface area contributed by atoms with E-state index in [9.17, 15) is 5.11 Å². The molecule has 133 valence electrons. The molecule has 0 saturated carbocycles. The van der Waals surface area contributed by atoms with Crippen LogP contribution in [-0.4, -0.2) is 59.9 Å². The Morgan fingerprint density at radius 3 is 2.50 bits per heavy atom. The van der Waals surface area contributed by atoms with Gasteiger partial charge < -0.3 is 19.4 Å². The number of pyridine rings is 1. The molecule has 0 amide bonds. The van der Waals surface area contributed by atoms with E-state index < -0.39 is 11.2 Å². The van der Waals surface area contributed by atoms with Crippen LogP contribution in [0.5, 0.6) is 5.88 Å². The predicted octanol–water partition coefficient (Wildman–Crippen LogP) is 1.76. The summed E-state index contributed by atoms with van der Waals surface area (Å²) < 4.78 is 11.4. The van der Waals surface area contributed by atoms with Crippen LogP contribution in [0.1, 0.15) is 47.0 Å². The number of hydrogen-bond donors (Lipinski definition) is 1. The predicted molar refractivity (Wildman–Crippen MR) is 96.9 cm³/mol. The topological polar surface area (TPSA) is 54.8 Å². The van der Waals surface area contributed by atoms with E-state index in [2.05, 4.69) is 9.88 Å². The molecule has 1 radical (unpaired) electrons. The zero-order chi connectivity index (χ0) is 17.6. The van der Waals surface area contributed by atoms with Crippen LogP contribution in [0, 0.1) is 0 Å². The van der Waals surface area contributed by atoms with Crippen molar-refractivity contribution in [2.45, 2.75) is 58.2 Å². The van der Waals surface area contributed by atoms with Gasteiger partial charge in [0.2, 0.25) is 5.88 Å². The van der Waals surface area contributed by atoms with Gasteiger partial charge in [-0.1, -0.05) is 6.07 Å². The van der Waals surface area contributed by atoms with Crippen molar-refractivity contribution < 1.29 is 14.5 Å². The summed E-state index contributed by atoms with van der Waals surface area (Å²) in [6, 6.07) is 3.76.